The van der Waals surface area contributed by atoms with Crippen LogP contribution in [0.15, 0.2) is 64.1 Å². The fourth-order valence-electron chi connectivity index (χ4n) is 3.38. The largest absolute Gasteiger partial charge is 0.441 e. The van der Waals surface area contributed by atoms with E-state index in [0.29, 0.717) is 12.4 Å². The molecule has 0 saturated heterocycles. The SMILES string of the molecule is Cc1nc2ccc(C3=NCc4c(Cl)cccc4-n4cccc43)cc2o1. The van der Waals surface area contributed by atoms with E-state index in [-0.39, 0.29) is 0 Å². The van der Waals surface area contributed by atoms with E-state index >= 15 is 0 Å². The first-order valence-electron chi connectivity index (χ1n) is 8.08. The molecule has 4 nitrogen and oxygen atoms in total. The van der Waals surface area contributed by atoms with Crippen LogP contribution in [0.25, 0.3) is 16.8 Å². The molecule has 5 rings (SSSR count). The molecule has 5 heteroatoms. The smallest absolute Gasteiger partial charge is 0.192 e. The number of oxazole rings is 1. The Morgan fingerprint density at radius 3 is 2.96 bits per heavy atom. The summed E-state index contributed by atoms with van der Waals surface area (Å²) in [4.78, 5) is 9.24. The standard InChI is InChI=1S/C20H14ClN3O/c1-12-23-16-8-7-13(10-19(16)25-12)20-18-6-3-9-24(18)17-5-2-4-15(21)14(17)11-22-20/h2-10H,11H2,1H3. The van der Waals surface area contributed by atoms with Crippen LogP contribution in [0.2, 0.25) is 5.02 Å². The molecule has 0 amide bonds. The Labute approximate surface area is 149 Å². The minimum atomic E-state index is 0.541. The van der Waals surface area contributed by atoms with Crippen LogP contribution < -0.4 is 0 Å². The second-order valence-electron chi connectivity index (χ2n) is 6.08. The molecule has 0 spiro atoms. The third-order valence-electron chi connectivity index (χ3n) is 4.51. The first-order chi connectivity index (χ1) is 12.2. The number of hydrogen-bond donors (Lipinski definition) is 0. The number of hydrogen-bond acceptors (Lipinski definition) is 3. The lowest BCUT2D eigenvalue weighted by Crippen LogP contribution is -2.08. The number of rotatable bonds is 1. The van der Waals surface area contributed by atoms with Crippen LogP contribution in [0, 0.1) is 6.92 Å². The maximum atomic E-state index is 6.42. The third kappa shape index (κ3) is 2.22. The van der Waals surface area contributed by atoms with Crippen molar-refractivity contribution in [2.24, 2.45) is 4.99 Å². The van der Waals surface area contributed by atoms with Crippen molar-refractivity contribution in [1.29, 1.82) is 0 Å². The van der Waals surface area contributed by atoms with E-state index in [1.54, 1.807) is 0 Å². The van der Waals surface area contributed by atoms with Gasteiger partial charge in [-0.25, -0.2) is 4.98 Å². The lowest BCUT2D eigenvalue weighted by Gasteiger charge is -2.11. The lowest BCUT2D eigenvalue weighted by atomic mass is 10.1. The molecule has 0 unspecified atom stereocenters. The van der Waals surface area contributed by atoms with Crippen LogP contribution in [0.4, 0.5) is 0 Å². The number of aliphatic imine (C=N–C) groups is 1. The Kier molecular flexibility index (Phi) is 3.09. The predicted molar refractivity (Wildman–Crippen MR) is 98.9 cm³/mol. The molecule has 25 heavy (non-hydrogen) atoms. The van der Waals surface area contributed by atoms with Crippen molar-refractivity contribution in [3.63, 3.8) is 0 Å². The van der Waals surface area contributed by atoms with Crippen LogP contribution in [0.5, 0.6) is 0 Å². The first kappa shape index (κ1) is 14.5. The molecule has 122 valence electrons. The molecular weight excluding hydrogens is 334 g/mol. The van der Waals surface area contributed by atoms with E-state index in [1.165, 1.54) is 0 Å². The van der Waals surface area contributed by atoms with Gasteiger partial charge in [-0.05, 0) is 36.4 Å². The molecule has 0 saturated carbocycles. The molecule has 0 N–H and O–H groups in total. The van der Waals surface area contributed by atoms with E-state index in [4.69, 9.17) is 21.0 Å². The molecule has 1 aliphatic heterocycles. The highest BCUT2D eigenvalue weighted by atomic mass is 35.5. The second-order valence-corrected chi connectivity index (χ2v) is 6.49. The van der Waals surface area contributed by atoms with Crippen molar-refractivity contribution in [2.75, 3.05) is 0 Å². The van der Waals surface area contributed by atoms with Gasteiger partial charge in [-0.2, -0.15) is 0 Å². The fourth-order valence-corrected chi connectivity index (χ4v) is 3.61. The van der Waals surface area contributed by atoms with Crippen LogP contribution in [-0.2, 0) is 6.54 Å². The number of aryl methyl sites for hydroxylation is 1. The second kappa shape index (κ2) is 5.33. The Hall–Kier alpha value is -2.85. The van der Waals surface area contributed by atoms with Crippen molar-refractivity contribution in [1.82, 2.24) is 9.55 Å². The van der Waals surface area contributed by atoms with Gasteiger partial charge in [-0.1, -0.05) is 23.7 Å². The third-order valence-corrected chi connectivity index (χ3v) is 4.86. The zero-order chi connectivity index (χ0) is 17.0. The molecule has 0 fully saturated rings. The highest BCUT2D eigenvalue weighted by molar-refractivity contribution is 6.31. The summed E-state index contributed by atoms with van der Waals surface area (Å²) in [7, 11) is 0. The molecule has 0 aliphatic carbocycles. The summed E-state index contributed by atoms with van der Waals surface area (Å²) in [5.41, 5.74) is 6.71. The summed E-state index contributed by atoms with van der Waals surface area (Å²) in [5.74, 6) is 0.664. The van der Waals surface area contributed by atoms with Crippen LogP contribution >= 0.6 is 11.6 Å². The minimum Gasteiger partial charge on any atom is -0.441 e. The molecule has 0 radical (unpaired) electrons. The fraction of sp³-hybridized carbons (Fsp3) is 0.100. The van der Waals surface area contributed by atoms with Gasteiger partial charge >= 0.3 is 0 Å². The molecular formula is C20H14ClN3O. The quantitative estimate of drug-likeness (QED) is 0.490. The summed E-state index contributed by atoms with van der Waals surface area (Å²) >= 11 is 6.42. The molecule has 1 aliphatic rings. The van der Waals surface area contributed by atoms with Crippen molar-refractivity contribution in [3.8, 4) is 5.69 Å². The van der Waals surface area contributed by atoms with Gasteiger partial charge in [0.15, 0.2) is 11.5 Å². The summed E-state index contributed by atoms with van der Waals surface area (Å²) in [6.07, 6.45) is 2.04. The zero-order valence-corrected chi connectivity index (χ0v) is 14.3. The van der Waals surface area contributed by atoms with Gasteiger partial charge in [0.1, 0.15) is 5.52 Å². The summed E-state index contributed by atoms with van der Waals surface area (Å²) in [6.45, 7) is 2.39. The summed E-state index contributed by atoms with van der Waals surface area (Å²) in [6, 6.07) is 16.1. The number of aromatic nitrogens is 2. The molecule has 4 aromatic rings. The van der Waals surface area contributed by atoms with Gasteiger partial charge < -0.3 is 8.98 Å². The number of nitrogens with zero attached hydrogens (tertiary/aromatic N) is 3. The topological polar surface area (TPSA) is 43.3 Å². The maximum Gasteiger partial charge on any atom is 0.192 e. The van der Waals surface area contributed by atoms with Crippen LogP contribution in [0.1, 0.15) is 22.7 Å². The van der Waals surface area contributed by atoms with Crippen molar-refractivity contribution >= 4 is 28.4 Å². The zero-order valence-electron chi connectivity index (χ0n) is 13.5. The predicted octanol–water partition coefficient (Wildman–Crippen LogP) is 4.93. The Bertz CT molecular complexity index is 1150. The molecule has 0 atom stereocenters. The Morgan fingerprint density at radius 1 is 1.12 bits per heavy atom. The van der Waals surface area contributed by atoms with Crippen LogP contribution in [0.3, 0.4) is 0 Å². The van der Waals surface area contributed by atoms with E-state index in [2.05, 4.69) is 21.7 Å². The Morgan fingerprint density at radius 2 is 2.04 bits per heavy atom. The van der Waals surface area contributed by atoms with Gasteiger partial charge in [0.25, 0.3) is 0 Å². The van der Waals surface area contributed by atoms with Crippen LogP contribution in [-0.4, -0.2) is 15.3 Å². The number of benzene rings is 2. The average molecular weight is 348 g/mol. The molecule has 2 aromatic carbocycles. The van der Waals surface area contributed by atoms with Crippen molar-refractivity contribution in [3.05, 3.63) is 82.5 Å². The van der Waals surface area contributed by atoms with Gasteiger partial charge in [0.05, 0.1) is 23.6 Å². The Balaban J connectivity index is 1.73. The maximum absolute atomic E-state index is 6.42. The van der Waals surface area contributed by atoms with E-state index < -0.39 is 0 Å². The number of fused-ring (bicyclic) bond motifs is 4. The summed E-state index contributed by atoms with van der Waals surface area (Å²) < 4.78 is 7.83. The van der Waals surface area contributed by atoms with E-state index in [0.717, 1.165) is 44.3 Å². The molecule has 2 aromatic heterocycles. The normalized spacial score (nSPS) is 13.3. The lowest BCUT2D eigenvalue weighted by molar-refractivity contribution is 0.561. The van der Waals surface area contributed by atoms with Crippen molar-refractivity contribution in [2.45, 2.75) is 13.5 Å². The minimum absolute atomic E-state index is 0.541. The van der Waals surface area contributed by atoms with Gasteiger partial charge in [0, 0.05) is 29.3 Å². The highest BCUT2D eigenvalue weighted by Crippen LogP contribution is 2.30. The average Bonchev–Trinajstić information content (AvgIpc) is 3.18. The van der Waals surface area contributed by atoms with Crippen molar-refractivity contribution < 1.29 is 4.42 Å². The van der Waals surface area contributed by atoms with E-state index in [9.17, 15) is 0 Å². The number of halogens is 1. The van der Waals surface area contributed by atoms with Gasteiger partial charge in [-0.15, -0.1) is 0 Å². The van der Waals surface area contributed by atoms with E-state index in [1.807, 2.05) is 49.5 Å². The van der Waals surface area contributed by atoms with Gasteiger partial charge in [0.2, 0.25) is 0 Å². The molecule has 0 bridgehead atoms. The highest BCUT2D eigenvalue weighted by Gasteiger charge is 2.20. The monoisotopic (exact) mass is 347 g/mol. The summed E-state index contributed by atoms with van der Waals surface area (Å²) in [5, 5.41) is 0.739. The van der Waals surface area contributed by atoms with Gasteiger partial charge in [-0.3, -0.25) is 4.99 Å². The first-order valence-corrected chi connectivity index (χ1v) is 8.46. The molecule has 3 heterocycles.